The molecule has 0 N–H and O–H groups in total. The van der Waals surface area contributed by atoms with Gasteiger partial charge in [-0.1, -0.05) is 0 Å². The average Bonchev–Trinajstić information content (AvgIpc) is 2.30. The molecule has 60 valence electrons. The van der Waals surface area contributed by atoms with E-state index in [1.54, 1.807) is 11.3 Å². The summed E-state index contributed by atoms with van der Waals surface area (Å²) in [6.45, 7) is 3.42. The van der Waals surface area contributed by atoms with Crippen molar-refractivity contribution in [3.05, 3.63) is 21.9 Å². The summed E-state index contributed by atoms with van der Waals surface area (Å²) in [6.07, 6.45) is 0. The second-order valence-electron chi connectivity index (χ2n) is 2.89. The Hall–Kier alpha value is -0.0500. The van der Waals surface area contributed by atoms with Gasteiger partial charge < -0.3 is 4.74 Å². The largest absolute Gasteiger partial charge is 0.377 e. The van der Waals surface area contributed by atoms with Crippen LogP contribution in [-0.2, 0) is 9.61 Å². The third kappa shape index (κ3) is 1.10. The molecule has 1 fully saturated rings. The highest BCUT2D eigenvalue weighted by atomic mass is 35.5. The summed E-state index contributed by atoms with van der Waals surface area (Å²) >= 11 is 7.99. The minimum absolute atomic E-state index is 0.196. The smallest absolute Gasteiger partial charge is 0.125 e. The normalized spacial score (nSPS) is 21.3. The van der Waals surface area contributed by atoms with Crippen LogP contribution < -0.4 is 0 Å². The minimum Gasteiger partial charge on any atom is -0.377 e. The molecule has 0 spiro atoms. The molecule has 3 heteroatoms. The van der Waals surface area contributed by atoms with Crippen molar-refractivity contribution in [3.8, 4) is 0 Å². The summed E-state index contributed by atoms with van der Waals surface area (Å²) in [6, 6.07) is 2.10. The Bertz CT molecular complexity index is 265. The van der Waals surface area contributed by atoms with E-state index in [0.717, 1.165) is 0 Å². The summed E-state index contributed by atoms with van der Waals surface area (Å²) in [5, 5.41) is 2.08. The number of rotatable bonds is 1. The van der Waals surface area contributed by atoms with Crippen molar-refractivity contribution in [1.82, 2.24) is 0 Å². The van der Waals surface area contributed by atoms with Crippen LogP contribution >= 0.6 is 22.9 Å². The van der Waals surface area contributed by atoms with Crippen LogP contribution in [0.2, 0.25) is 0 Å². The molecule has 0 saturated carbocycles. The van der Waals surface area contributed by atoms with Gasteiger partial charge in [-0.3, -0.25) is 0 Å². The first-order valence-corrected chi connectivity index (χ1v) is 4.79. The molecule has 1 saturated heterocycles. The highest BCUT2D eigenvalue weighted by molar-refractivity contribution is 7.10. The molecule has 0 atom stereocenters. The zero-order valence-corrected chi connectivity index (χ0v) is 7.84. The Kier molecular flexibility index (Phi) is 1.71. The number of thiophene rings is 1. The lowest BCUT2D eigenvalue weighted by molar-refractivity contribution is -0.0138. The fraction of sp³-hybridized carbons (Fsp3) is 0.500. The third-order valence-electron chi connectivity index (χ3n) is 1.93. The number of hydrogen-bond acceptors (Lipinski definition) is 2. The molecule has 1 aliphatic rings. The predicted octanol–water partition coefficient (Wildman–Crippen LogP) is 2.52. The van der Waals surface area contributed by atoms with Crippen molar-refractivity contribution in [3.63, 3.8) is 0 Å². The van der Waals surface area contributed by atoms with Crippen LogP contribution in [0, 0.1) is 6.92 Å². The summed E-state index contributed by atoms with van der Waals surface area (Å²) in [7, 11) is 0. The molecule has 2 heterocycles. The van der Waals surface area contributed by atoms with Gasteiger partial charge in [0.1, 0.15) is 4.87 Å². The van der Waals surface area contributed by atoms with E-state index >= 15 is 0 Å². The van der Waals surface area contributed by atoms with E-state index in [4.69, 9.17) is 16.3 Å². The Morgan fingerprint density at radius 1 is 1.64 bits per heavy atom. The number of alkyl halides is 1. The van der Waals surface area contributed by atoms with Crippen molar-refractivity contribution in [1.29, 1.82) is 0 Å². The molecule has 0 amide bonds. The lowest BCUT2D eigenvalue weighted by Crippen LogP contribution is -2.41. The van der Waals surface area contributed by atoms with Gasteiger partial charge in [0.2, 0.25) is 0 Å². The second kappa shape index (κ2) is 2.47. The molecule has 11 heavy (non-hydrogen) atoms. The van der Waals surface area contributed by atoms with Crippen LogP contribution in [0.15, 0.2) is 11.4 Å². The second-order valence-corrected chi connectivity index (χ2v) is 4.53. The van der Waals surface area contributed by atoms with Crippen molar-refractivity contribution >= 4 is 22.9 Å². The van der Waals surface area contributed by atoms with E-state index in [1.807, 2.05) is 0 Å². The maximum atomic E-state index is 6.26. The Morgan fingerprint density at radius 3 is 2.73 bits per heavy atom. The van der Waals surface area contributed by atoms with Gasteiger partial charge in [0, 0.05) is 4.88 Å². The Balaban J connectivity index is 2.35. The summed E-state index contributed by atoms with van der Waals surface area (Å²) < 4.78 is 5.09. The molecule has 0 bridgehead atoms. The fourth-order valence-corrected chi connectivity index (χ4v) is 2.67. The van der Waals surface area contributed by atoms with E-state index in [9.17, 15) is 0 Å². The molecule has 0 unspecified atom stereocenters. The molecule has 2 rings (SSSR count). The monoisotopic (exact) mass is 188 g/mol. The van der Waals surface area contributed by atoms with E-state index in [1.165, 1.54) is 10.4 Å². The SMILES string of the molecule is Cc1ccsc1C1(Cl)COC1. The zero-order valence-electron chi connectivity index (χ0n) is 6.26. The first kappa shape index (κ1) is 7.59. The molecular weight excluding hydrogens is 180 g/mol. The molecule has 0 aliphatic carbocycles. The maximum Gasteiger partial charge on any atom is 0.125 e. The molecule has 1 nitrogen and oxygen atoms in total. The van der Waals surface area contributed by atoms with E-state index in [2.05, 4.69) is 18.4 Å². The van der Waals surface area contributed by atoms with Gasteiger partial charge in [-0.2, -0.15) is 0 Å². The van der Waals surface area contributed by atoms with Gasteiger partial charge in [-0.05, 0) is 23.9 Å². The summed E-state index contributed by atoms with van der Waals surface area (Å²) in [5.74, 6) is 0. The third-order valence-corrected chi connectivity index (χ3v) is 3.67. The van der Waals surface area contributed by atoms with Crippen LogP contribution in [-0.4, -0.2) is 13.2 Å². The first-order chi connectivity index (χ1) is 5.22. The lowest BCUT2D eigenvalue weighted by Gasteiger charge is -2.35. The number of halogens is 1. The van der Waals surface area contributed by atoms with Gasteiger partial charge in [0.15, 0.2) is 0 Å². The summed E-state index contributed by atoms with van der Waals surface area (Å²) in [5.41, 5.74) is 1.29. The quantitative estimate of drug-likeness (QED) is 0.616. The van der Waals surface area contributed by atoms with Gasteiger partial charge in [-0.25, -0.2) is 0 Å². The fourth-order valence-electron chi connectivity index (χ4n) is 1.24. The van der Waals surface area contributed by atoms with Gasteiger partial charge in [-0.15, -0.1) is 22.9 Å². The topological polar surface area (TPSA) is 9.23 Å². The maximum absolute atomic E-state index is 6.26. The van der Waals surface area contributed by atoms with Crippen LogP contribution in [0.3, 0.4) is 0 Å². The van der Waals surface area contributed by atoms with E-state index < -0.39 is 0 Å². The van der Waals surface area contributed by atoms with Crippen LogP contribution in [0.1, 0.15) is 10.4 Å². The molecular formula is C8H9ClOS. The standard InChI is InChI=1S/C8H9ClOS/c1-6-2-3-11-7(6)8(9)4-10-5-8/h2-3H,4-5H2,1H3. The minimum atomic E-state index is -0.196. The average molecular weight is 189 g/mol. The molecule has 1 aliphatic heterocycles. The van der Waals surface area contributed by atoms with Crippen LogP contribution in [0.25, 0.3) is 0 Å². The Morgan fingerprint density at radius 2 is 2.36 bits per heavy atom. The van der Waals surface area contributed by atoms with Gasteiger partial charge >= 0.3 is 0 Å². The highest BCUT2D eigenvalue weighted by Gasteiger charge is 2.40. The lowest BCUT2D eigenvalue weighted by atomic mass is 10.0. The van der Waals surface area contributed by atoms with Crippen molar-refractivity contribution in [2.75, 3.05) is 13.2 Å². The predicted molar refractivity (Wildman–Crippen MR) is 47.4 cm³/mol. The Labute approximate surface area is 74.9 Å². The molecule has 0 aromatic carbocycles. The molecule has 1 aromatic heterocycles. The van der Waals surface area contributed by atoms with E-state index in [-0.39, 0.29) is 4.87 Å². The van der Waals surface area contributed by atoms with Crippen molar-refractivity contribution in [2.45, 2.75) is 11.8 Å². The van der Waals surface area contributed by atoms with Gasteiger partial charge in [0.05, 0.1) is 13.2 Å². The first-order valence-electron chi connectivity index (χ1n) is 3.54. The van der Waals surface area contributed by atoms with Crippen LogP contribution in [0.4, 0.5) is 0 Å². The number of ether oxygens (including phenoxy) is 1. The number of aryl methyl sites for hydroxylation is 1. The van der Waals surface area contributed by atoms with Crippen LogP contribution in [0.5, 0.6) is 0 Å². The number of hydrogen-bond donors (Lipinski definition) is 0. The van der Waals surface area contributed by atoms with E-state index in [0.29, 0.717) is 13.2 Å². The summed E-state index contributed by atoms with van der Waals surface area (Å²) in [4.78, 5) is 1.07. The molecule has 1 aromatic rings. The molecule has 0 radical (unpaired) electrons. The van der Waals surface area contributed by atoms with Gasteiger partial charge in [0.25, 0.3) is 0 Å². The van der Waals surface area contributed by atoms with Crippen molar-refractivity contribution in [2.24, 2.45) is 0 Å². The highest BCUT2D eigenvalue weighted by Crippen LogP contribution is 2.40. The zero-order chi connectivity index (χ0) is 7.90. The van der Waals surface area contributed by atoms with Crippen molar-refractivity contribution < 1.29 is 4.74 Å².